The van der Waals surface area contributed by atoms with Crippen LogP contribution >= 0.6 is 11.8 Å². The summed E-state index contributed by atoms with van der Waals surface area (Å²) in [5, 5.41) is 9.76. The van der Waals surface area contributed by atoms with Crippen molar-refractivity contribution in [2.45, 2.75) is 0 Å². The zero-order chi connectivity index (χ0) is 5.98. The van der Waals surface area contributed by atoms with Crippen molar-refractivity contribution >= 4 is 16.9 Å². The van der Waals surface area contributed by atoms with Gasteiger partial charge in [0.2, 0.25) is 0 Å². The minimum Gasteiger partial charge on any atom is -0.357 e. The first kappa shape index (κ1) is 5.55. The highest BCUT2D eigenvalue weighted by molar-refractivity contribution is 8.15. The summed E-state index contributed by atoms with van der Waals surface area (Å²) in [7, 11) is 0. The second kappa shape index (κ2) is 2.13. The molecule has 0 aliphatic carbocycles. The van der Waals surface area contributed by atoms with E-state index >= 15 is 0 Å². The van der Waals surface area contributed by atoms with Gasteiger partial charge in [0.15, 0.2) is 6.54 Å². The predicted octanol–water partition coefficient (Wildman–Crippen LogP) is 0.405. The van der Waals surface area contributed by atoms with Crippen LogP contribution in [0.5, 0.6) is 0 Å². The Hall–Kier alpha value is -0.580. The number of nitrogens with zero attached hydrogens (tertiary/aromatic N) is 2. The topological polar surface area (TPSA) is 55.5 Å². The maximum Gasteiger partial charge on any atom is 0.395 e. The summed E-state index contributed by atoms with van der Waals surface area (Å²) < 4.78 is 0. The third-order valence-corrected chi connectivity index (χ3v) is 1.33. The molecule has 1 aliphatic heterocycles. The summed E-state index contributed by atoms with van der Waals surface area (Å²) in [6.07, 6.45) is 0. The van der Waals surface area contributed by atoms with Gasteiger partial charge in [-0.25, -0.2) is 0 Å². The molecule has 1 rings (SSSR count). The van der Waals surface area contributed by atoms with E-state index in [9.17, 15) is 10.1 Å². The van der Waals surface area contributed by atoms with E-state index in [0.717, 1.165) is 11.8 Å². The molecule has 0 unspecified atom stereocenters. The molecule has 0 aromatic rings. The number of thioether (sulfide) groups is 1. The van der Waals surface area contributed by atoms with Crippen molar-refractivity contribution in [3.8, 4) is 0 Å². The molecule has 1 aliphatic rings. The van der Waals surface area contributed by atoms with Gasteiger partial charge in [-0.3, -0.25) is 0 Å². The molecule has 0 fully saturated rings. The van der Waals surface area contributed by atoms with E-state index in [1.54, 1.807) is 0 Å². The molecule has 5 heteroatoms. The zero-order valence-electron chi connectivity index (χ0n) is 3.83. The van der Waals surface area contributed by atoms with Crippen LogP contribution in [0.25, 0.3) is 0 Å². The van der Waals surface area contributed by atoms with Gasteiger partial charge in [-0.2, -0.15) is 0 Å². The molecule has 0 spiro atoms. The van der Waals surface area contributed by atoms with E-state index in [4.69, 9.17) is 0 Å². The van der Waals surface area contributed by atoms with E-state index in [-0.39, 0.29) is 5.17 Å². The minimum atomic E-state index is -0.509. The molecule has 4 nitrogen and oxygen atoms in total. The first-order chi connectivity index (χ1) is 3.80. The molecule has 0 bridgehead atoms. The average Bonchev–Trinajstić information content (AvgIpc) is 2.12. The number of amidine groups is 1. The highest BCUT2D eigenvalue weighted by atomic mass is 32.2. The van der Waals surface area contributed by atoms with Crippen molar-refractivity contribution in [3.05, 3.63) is 15.9 Å². The van der Waals surface area contributed by atoms with Crippen molar-refractivity contribution < 1.29 is 4.92 Å². The van der Waals surface area contributed by atoms with Crippen LogP contribution in [-0.4, -0.2) is 16.6 Å². The molecule has 0 saturated heterocycles. The monoisotopic (exact) mass is 130 g/mol. The second-order valence-electron chi connectivity index (χ2n) is 1.10. The summed E-state index contributed by atoms with van der Waals surface area (Å²) in [6, 6.07) is 0. The van der Waals surface area contributed by atoms with Gasteiger partial charge in [0.25, 0.3) is 0 Å². The molecule has 0 aromatic carbocycles. The van der Waals surface area contributed by atoms with E-state index < -0.39 is 4.92 Å². The fraction of sp³-hybridized carbons (Fsp3) is 0.333. The fourth-order valence-corrected chi connectivity index (χ4v) is 0.786. The molecule has 0 atom stereocenters. The third kappa shape index (κ3) is 0.975. The minimum absolute atomic E-state index is 0.0509. The lowest BCUT2D eigenvalue weighted by Gasteiger charge is -1.85. The van der Waals surface area contributed by atoms with Crippen LogP contribution in [-0.2, 0) is 0 Å². The maximum absolute atomic E-state index is 9.82. The van der Waals surface area contributed by atoms with Crippen molar-refractivity contribution in [1.82, 2.24) is 0 Å². The summed E-state index contributed by atoms with van der Waals surface area (Å²) >= 11 is 0.951. The van der Waals surface area contributed by atoms with Gasteiger partial charge >= 0.3 is 5.17 Å². The van der Waals surface area contributed by atoms with Crippen molar-refractivity contribution in [2.75, 3.05) is 6.54 Å². The number of hydrogen-bond acceptors (Lipinski definition) is 4. The number of nitro groups is 1. The lowest BCUT2D eigenvalue weighted by molar-refractivity contribution is -0.343. The van der Waals surface area contributed by atoms with Crippen molar-refractivity contribution in [1.29, 1.82) is 0 Å². The van der Waals surface area contributed by atoms with E-state index in [0.29, 0.717) is 6.54 Å². The van der Waals surface area contributed by atoms with Crippen LogP contribution in [0.1, 0.15) is 0 Å². The smallest absolute Gasteiger partial charge is 0.357 e. The molecule has 0 aromatic heterocycles. The molecule has 8 heavy (non-hydrogen) atoms. The highest BCUT2D eigenvalue weighted by Gasteiger charge is 2.19. The Labute approximate surface area is 50.1 Å². The quantitative estimate of drug-likeness (QED) is 0.352. The average molecular weight is 130 g/mol. The van der Waals surface area contributed by atoms with Gasteiger partial charge in [-0.05, 0) is 16.7 Å². The molecule has 1 heterocycles. The second-order valence-corrected chi connectivity index (χ2v) is 1.96. The van der Waals surface area contributed by atoms with Crippen molar-refractivity contribution in [3.63, 3.8) is 0 Å². The Morgan fingerprint density at radius 2 is 2.75 bits per heavy atom. The Morgan fingerprint density at radius 1 is 2.00 bits per heavy atom. The van der Waals surface area contributed by atoms with Gasteiger partial charge in [0, 0.05) is 0 Å². The van der Waals surface area contributed by atoms with Crippen LogP contribution in [0.4, 0.5) is 0 Å². The lowest BCUT2D eigenvalue weighted by Crippen LogP contribution is -2.02. The number of rotatable bonds is 0. The Kier molecular flexibility index (Phi) is 1.48. The first-order valence-electron chi connectivity index (χ1n) is 1.89. The normalized spacial score (nSPS) is 18.2. The Bertz CT molecular complexity index is 144. The van der Waals surface area contributed by atoms with Crippen LogP contribution in [0.2, 0.25) is 0 Å². The van der Waals surface area contributed by atoms with Crippen LogP contribution in [0.3, 0.4) is 0 Å². The van der Waals surface area contributed by atoms with Crippen molar-refractivity contribution in [2.24, 2.45) is 4.99 Å². The van der Waals surface area contributed by atoms with E-state index in [2.05, 4.69) is 10.7 Å². The Morgan fingerprint density at radius 3 is 3.00 bits per heavy atom. The summed E-state index contributed by atoms with van der Waals surface area (Å²) in [5.74, 6) is 2.62. The van der Waals surface area contributed by atoms with E-state index in [1.165, 1.54) is 0 Å². The molecular formula is C3H2N2O2S. The SMILES string of the molecule is O=[N+]([O-])C1=NC[C]S1. The standard InChI is InChI=1S/C3H2N2O2S/c6-5(7)3-4-1-2-8-3/h1H2. The van der Waals surface area contributed by atoms with Crippen LogP contribution in [0.15, 0.2) is 4.99 Å². The van der Waals surface area contributed by atoms with Crippen LogP contribution < -0.4 is 0 Å². The number of aliphatic imine (C=N–C) groups is 1. The fourth-order valence-electron chi connectivity index (χ4n) is 0.324. The van der Waals surface area contributed by atoms with Gasteiger partial charge in [-0.15, -0.1) is 0 Å². The largest absolute Gasteiger partial charge is 0.395 e. The summed E-state index contributed by atoms with van der Waals surface area (Å²) in [4.78, 5) is 12.8. The molecule has 42 valence electrons. The summed E-state index contributed by atoms with van der Waals surface area (Å²) in [5.41, 5.74) is 0. The molecular weight excluding hydrogens is 128 g/mol. The van der Waals surface area contributed by atoms with Gasteiger partial charge in [-0.1, -0.05) is 4.99 Å². The van der Waals surface area contributed by atoms with Gasteiger partial charge < -0.3 is 10.1 Å². The highest BCUT2D eigenvalue weighted by Crippen LogP contribution is 2.15. The number of hydrogen-bond donors (Lipinski definition) is 0. The first-order valence-corrected chi connectivity index (χ1v) is 2.71. The molecule has 2 radical (unpaired) electrons. The zero-order valence-corrected chi connectivity index (χ0v) is 4.64. The Balaban J connectivity index is 2.57. The molecule has 0 amide bonds. The lowest BCUT2D eigenvalue weighted by atomic mass is 10.8. The molecule has 0 saturated carbocycles. The van der Waals surface area contributed by atoms with Gasteiger partial charge in [0.1, 0.15) is 5.75 Å². The summed E-state index contributed by atoms with van der Waals surface area (Å²) in [6.45, 7) is 0.348. The predicted molar refractivity (Wildman–Crippen MR) is 30.1 cm³/mol. The van der Waals surface area contributed by atoms with Crippen LogP contribution in [0, 0.1) is 15.9 Å². The van der Waals surface area contributed by atoms with Gasteiger partial charge in [0.05, 0.1) is 0 Å². The molecule has 0 N–H and O–H groups in total. The maximum atomic E-state index is 9.82. The van der Waals surface area contributed by atoms with E-state index in [1.807, 2.05) is 0 Å². The third-order valence-electron chi connectivity index (χ3n) is 0.599.